The van der Waals surface area contributed by atoms with Gasteiger partial charge in [-0.1, -0.05) is 13.0 Å². The summed E-state index contributed by atoms with van der Waals surface area (Å²) in [4.78, 5) is 10.5. The number of aromatic nitrogens is 2. The van der Waals surface area contributed by atoms with Crippen LogP contribution in [0.15, 0.2) is 18.2 Å². The van der Waals surface area contributed by atoms with E-state index in [9.17, 15) is 8.42 Å². The number of aromatic amines is 1. The number of hydrogen-bond acceptors (Lipinski definition) is 4. The number of aryl methyl sites for hydroxylation is 1. The van der Waals surface area contributed by atoms with Gasteiger partial charge in [-0.25, -0.2) is 13.4 Å². The van der Waals surface area contributed by atoms with Crippen LogP contribution in [0, 0.1) is 6.92 Å². The number of fused-ring (bicyclic) bond motifs is 1. The van der Waals surface area contributed by atoms with E-state index in [2.05, 4.69) is 35.0 Å². The van der Waals surface area contributed by atoms with E-state index < -0.39 is 9.84 Å². The molecule has 1 aliphatic rings. The molecule has 132 valence electrons. The van der Waals surface area contributed by atoms with Gasteiger partial charge in [-0.2, -0.15) is 0 Å². The zero-order chi connectivity index (χ0) is 17.2. The van der Waals surface area contributed by atoms with Gasteiger partial charge in [0.2, 0.25) is 0 Å². The monoisotopic (exact) mass is 349 g/mol. The number of piperidine rings is 1. The van der Waals surface area contributed by atoms with E-state index in [-0.39, 0.29) is 5.75 Å². The van der Waals surface area contributed by atoms with Crippen molar-refractivity contribution in [3.63, 3.8) is 0 Å². The topological polar surface area (TPSA) is 66.1 Å². The second kappa shape index (κ2) is 7.23. The molecule has 1 saturated heterocycles. The van der Waals surface area contributed by atoms with Gasteiger partial charge >= 0.3 is 0 Å². The zero-order valence-corrected chi connectivity index (χ0v) is 15.4. The lowest BCUT2D eigenvalue weighted by Gasteiger charge is -2.31. The maximum Gasteiger partial charge on any atom is 0.151 e. The molecule has 1 aliphatic heterocycles. The van der Waals surface area contributed by atoms with Crippen molar-refractivity contribution in [3.8, 4) is 0 Å². The number of imidazole rings is 1. The molecule has 6 heteroatoms. The quantitative estimate of drug-likeness (QED) is 0.871. The van der Waals surface area contributed by atoms with Gasteiger partial charge in [0.05, 0.1) is 16.8 Å². The Bertz CT molecular complexity index is 798. The van der Waals surface area contributed by atoms with Crippen LogP contribution in [0.5, 0.6) is 0 Å². The first-order valence-corrected chi connectivity index (χ1v) is 10.7. The minimum atomic E-state index is -2.90. The summed E-state index contributed by atoms with van der Waals surface area (Å²) in [5, 5.41) is 0. The van der Waals surface area contributed by atoms with Gasteiger partial charge in [0, 0.05) is 24.8 Å². The predicted molar refractivity (Wildman–Crippen MR) is 98.2 cm³/mol. The van der Waals surface area contributed by atoms with Gasteiger partial charge in [-0.3, -0.25) is 0 Å². The molecule has 2 aromatic rings. The summed E-state index contributed by atoms with van der Waals surface area (Å²) in [6.07, 6.45) is 2.90. The Labute approximate surface area is 144 Å². The number of sulfone groups is 1. The van der Waals surface area contributed by atoms with Crippen molar-refractivity contribution in [2.24, 2.45) is 0 Å². The summed E-state index contributed by atoms with van der Waals surface area (Å²) < 4.78 is 23.9. The molecule has 0 amide bonds. The van der Waals surface area contributed by atoms with Crippen LogP contribution < -0.4 is 0 Å². The summed E-state index contributed by atoms with van der Waals surface area (Å²) >= 11 is 0. The average Bonchev–Trinajstić information content (AvgIpc) is 2.96. The molecular formula is C18H27N3O2S. The van der Waals surface area contributed by atoms with E-state index in [1.807, 2.05) is 6.92 Å². The number of nitrogens with one attached hydrogen (secondary N) is 1. The molecule has 1 aromatic heterocycles. The van der Waals surface area contributed by atoms with E-state index in [1.54, 1.807) is 0 Å². The van der Waals surface area contributed by atoms with Crippen LogP contribution in [-0.2, 0) is 9.84 Å². The maximum absolute atomic E-state index is 11.9. The summed E-state index contributed by atoms with van der Waals surface area (Å²) in [6.45, 7) is 6.51. The van der Waals surface area contributed by atoms with Crippen LogP contribution in [0.1, 0.15) is 43.5 Å². The smallest absolute Gasteiger partial charge is 0.151 e. The van der Waals surface area contributed by atoms with Crippen molar-refractivity contribution in [3.05, 3.63) is 29.6 Å². The molecule has 1 N–H and O–H groups in total. The Morgan fingerprint density at radius 3 is 2.96 bits per heavy atom. The molecule has 0 unspecified atom stereocenters. The van der Waals surface area contributed by atoms with Crippen molar-refractivity contribution in [2.45, 2.75) is 39.0 Å². The van der Waals surface area contributed by atoms with Gasteiger partial charge in [0.1, 0.15) is 5.82 Å². The van der Waals surface area contributed by atoms with Crippen molar-refractivity contribution in [1.82, 2.24) is 14.9 Å². The van der Waals surface area contributed by atoms with Crippen molar-refractivity contribution < 1.29 is 8.42 Å². The Kier molecular flexibility index (Phi) is 5.25. The standard InChI is InChI=1S/C18H27N3O2S/c1-3-10-24(22,23)11-9-21-8-4-5-15(13-21)18-19-16-7-6-14(2)12-17(16)20-18/h6-7,12,15H,3-5,8-11,13H2,1-2H3,(H,19,20)/t15-/m1/s1. The van der Waals surface area contributed by atoms with Gasteiger partial charge < -0.3 is 9.88 Å². The van der Waals surface area contributed by atoms with Gasteiger partial charge in [-0.15, -0.1) is 0 Å². The number of likely N-dealkylation sites (tertiary alicyclic amines) is 1. The molecule has 1 aromatic carbocycles. The molecule has 1 fully saturated rings. The first kappa shape index (κ1) is 17.4. The molecule has 0 aliphatic carbocycles. The lowest BCUT2D eigenvalue weighted by Crippen LogP contribution is -2.38. The maximum atomic E-state index is 11.9. The Morgan fingerprint density at radius 2 is 2.17 bits per heavy atom. The molecule has 0 saturated carbocycles. The average molecular weight is 350 g/mol. The SMILES string of the molecule is CCCS(=O)(=O)CCN1CCC[C@@H](c2nc3ccc(C)cc3[nH]2)C1. The highest BCUT2D eigenvalue weighted by molar-refractivity contribution is 7.91. The largest absolute Gasteiger partial charge is 0.342 e. The summed E-state index contributed by atoms with van der Waals surface area (Å²) in [7, 11) is -2.90. The summed E-state index contributed by atoms with van der Waals surface area (Å²) in [5.74, 6) is 1.97. The fourth-order valence-corrected chi connectivity index (χ4v) is 4.86. The minimum absolute atomic E-state index is 0.271. The highest BCUT2D eigenvalue weighted by atomic mass is 32.2. The number of H-pyrrole nitrogens is 1. The van der Waals surface area contributed by atoms with E-state index in [0.717, 1.165) is 42.8 Å². The van der Waals surface area contributed by atoms with Gasteiger partial charge in [0.15, 0.2) is 9.84 Å². The number of benzene rings is 1. The Balaban J connectivity index is 1.66. The second-order valence-corrected chi connectivity index (χ2v) is 9.24. The van der Waals surface area contributed by atoms with Crippen LogP contribution in [0.4, 0.5) is 0 Å². The van der Waals surface area contributed by atoms with Crippen LogP contribution in [0.25, 0.3) is 11.0 Å². The fourth-order valence-electron chi connectivity index (χ4n) is 3.50. The molecule has 0 spiro atoms. The van der Waals surface area contributed by atoms with Crippen LogP contribution in [0.2, 0.25) is 0 Å². The van der Waals surface area contributed by atoms with Gasteiger partial charge in [0.25, 0.3) is 0 Å². The Morgan fingerprint density at radius 1 is 1.33 bits per heavy atom. The molecule has 24 heavy (non-hydrogen) atoms. The van der Waals surface area contributed by atoms with Crippen molar-refractivity contribution >= 4 is 20.9 Å². The minimum Gasteiger partial charge on any atom is -0.342 e. The lowest BCUT2D eigenvalue weighted by molar-refractivity contribution is 0.215. The fraction of sp³-hybridized carbons (Fsp3) is 0.611. The Hall–Kier alpha value is -1.40. The third-order valence-corrected chi connectivity index (χ3v) is 6.62. The van der Waals surface area contributed by atoms with Crippen LogP contribution in [-0.4, -0.2) is 54.4 Å². The first-order chi connectivity index (χ1) is 11.5. The highest BCUT2D eigenvalue weighted by Gasteiger charge is 2.24. The number of rotatable bonds is 6. The molecular weight excluding hydrogens is 322 g/mol. The lowest BCUT2D eigenvalue weighted by atomic mass is 9.97. The number of hydrogen-bond donors (Lipinski definition) is 1. The van der Waals surface area contributed by atoms with Crippen LogP contribution >= 0.6 is 0 Å². The van der Waals surface area contributed by atoms with E-state index in [1.165, 1.54) is 5.56 Å². The van der Waals surface area contributed by atoms with E-state index >= 15 is 0 Å². The van der Waals surface area contributed by atoms with Crippen molar-refractivity contribution in [2.75, 3.05) is 31.1 Å². The normalized spacial score (nSPS) is 19.8. The van der Waals surface area contributed by atoms with Crippen LogP contribution in [0.3, 0.4) is 0 Å². The third-order valence-electron chi connectivity index (χ3n) is 4.78. The highest BCUT2D eigenvalue weighted by Crippen LogP contribution is 2.27. The van der Waals surface area contributed by atoms with E-state index in [4.69, 9.17) is 4.98 Å². The third kappa shape index (κ3) is 4.16. The number of nitrogens with zero attached hydrogens (tertiary/aromatic N) is 2. The molecule has 3 rings (SSSR count). The zero-order valence-electron chi connectivity index (χ0n) is 14.6. The van der Waals surface area contributed by atoms with Gasteiger partial charge in [-0.05, 0) is 50.4 Å². The molecule has 5 nitrogen and oxygen atoms in total. The van der Waals surface area contributed by atoms with Crippen molar-refractivity contribution in [1.29, 1.82) is 0 Å². The second-order valence-electron chi connectivity index (χ2n) is 6.93. The van der Waals surface area contributed by atoms with E-state index in [0.29, 0.717) is 24.6 Å². The summed E-state index contributed by atoms with van der Waals surface area (Å²) in [5.41, 5.74) is 3.33. The first-order valence-electron chi connectivity index (χ1n) is 8.86. The molecule has 0 radical (unpaired) electrons. The predicted octanol–water partition coefficient (Wildman–Crippen LogP) is 2.88. The molecule has 0 bridgehead atoms. The summed E-state index contributed by atoms with van der Waals surface area (Å²) in [6, 6.07) is 6.27. The molecule has 2 heterocycles. The molecule has 1 atom stereocenters.